The molecule has 0 spiro atoms. The van der Waals surface area contributed by atoms with Crippen LogP contribution >= 0.6 is 0 Å². The van der Waals surface area contributed by atoms with E-state index in [1.54, 1.807) is 31.2 Å². The standard InChI is InChI=1S/C15H15N3O3/c1-4-5-6-11(15(19)21-3)9-12-10-13(20-2)7-8-14(12)17-18-16/h7-10H,6H2,1-3H3/b11-9+. The second kappa shape index (κ2) is 8.31. The Morgan fingerprint density at radius 2 is 2.24 bits per heavy atom. The first-order valence-corrected chi connectivity index (χ1v) is 6.07. The van der Waals surface area contributed by atoms with E-state index in [1.165, 1.54) is 14.2 Å². The summed E-state index contributed by atoms with van der Waals surface area (Å²) in [5.74, 6) is 5.64. The van der Waals surface area contributed by atoms with Crippen molar-refractivity contribution in [3.8, 4) is 17.6 Å². The molecular weight excluding hydrogens is 270 g/mol. The van der Waals surface area contributed by atoms with Gasteiger partial charge in [0.25, 0.3) is 0 Å². The van der Waals surface area contributed by atoms with Crippen LogP contribution in [0, 0.1) is 11.8 Å². The van der Waals surface area contributed by atoms with Crippen molar-refractivity contribution < 1.29 is 14.3 Å². The summed E-state index contributed by atoms with van der Waals surface area (Å²) < 4.78 is 9.86. The molecule has 21 heavy (non-hydrogen) atoms. The van der Waals surface area contributed by atoms with Gasteiger partial charge in [-0.1, -0.05) is 11.0 Å². The van der Waals surface area contributed by atoms with E-state index in [0.717, 1.165) is 0 Å². The maximum Gasteiger partial charge on any atom is 0.334 e. The molecule has 0 aromatic heterocycles. The van der Waals surface area contributed by atoms with Gasteiger partial charge in [-0.15, -0.1) is 5.92 Å². The van der Waals surface area contributed by atoms with Crippen LogP contribution in [0.25, 0.3) is 16.5 Å². The molecule has 6 heteroatoms. The minimum Gasteiger partial charge on any atom is -0.497 e. The van der Waals surface area contributed by atoms with Gasteiger partial charge >= 0.3 is 5.97 Å². The minimum atomic E-state index is -0.479. The molecule has 0 fully saturated rings. The van der Waals surface area contributed by atoms with Crippen molar-refractivity contribution in [2.45, 2.75) is 13.3 Å². The first kappa shape index (κ1) is 16.2. The Morgan fingerprint density at radius 1 is 1.48 bits per heavy atom. The highest BCUT2D eigenvalue weighted by molar-refractivity contribution is 5.95. The highest BCUT2D eigenvalue weighted by atomic mass is 16.5. The molecule has 0 saturated carbocycles. The van der Waals surface area contributed by atoms with E-state index in [1.807, 2.05) is 0 Å². The van der Waals surface area contributed by atoms with Gasteiger partial charge in [0.05, 0.1) is 14.2 Å². The maximum absolute atomic E-state index is 11.8. The summed E-state index contributed by atoms with van der Waals surface area (Å²) in [6, 6.07) is 4.96. The summed E-state index contributed by atoms with van der Waals surface area (Å²) >= 11 is 0. The number of carbonyl (C=O) groups is 1. The molecule has 0 atom stereocenters. The van der Waals surface area contributed by atoms with Crippen LogP contribution in [0.1, 0.15) is 18.9 Å². The van der Waals surface area contributed by atoms with Crippen molar-refractivity contribution >= 4 is 17.7 Å². The van der Waals surface area contributed by atoms with Crippen molar-refractivity contribution in [3.63, 3.8) is 0 Å². The second-order valence-electron chi connectivity index (χ2n) is 3.88. The maximum atomic E-state index is 11.8. The van der Waals surface area contributed by atoms with Gasteiger partial charge in [0.2, 0.25) is 0 Å². The Bertz CT molecular complexity index is 662. The van der Waals surface area contributed by atoms with E-state index in [9.17, 15) is 4.79 Å². The average molecular weight is 285 g/mol. The molecule has 0 radical (unpaired) electrons. The summed E-state index contributed by atoms with van der Waals surface area (Å²) in [5, 5.41) is 3.59. The Balaban J connectivity index is 3.37. The molecule has 108 valence electrons. The van der Waals surface area contributed by atoms with Crippen LogP contribution in [0.4, 0.5) is 5.69 Å². The van der Waals surface area contributed by atoms with Gasteiger partial charge < -0.3 is 9.47 Å². The summed E-state index contributed by atoms with van der Waals surface area (Å²) in [7, 11) is 2.83. The highest BCUT2D eigenvalue weighted by Crippen LogP contribution is 2.27. The van der Waals surface area contributed by atoms with Crippen LogP contribution in [-0.4, -0.2) is 20.2 Å². The summed E-state index contributed by atoms with van der Waals surface area (Å²) in [6.45, 7) is 1.69. The lowest BCUT2D eigenvalue weighted by Crippen LogP contribution is -2.04. The molecule has 0 heterocycles. The van der Waals surface area contributed by atoms with E-state index in [4.69, 9.17) is 15.0 Å². The molecule has 6 nitrogen and oxygen atoms in total. The second-order valence-corrected chi connectivity index (χ2v) is 3.88. The highest BCUT2D eigenvalue weighted by Gasteiger charge is 2.10. The lowest BCUT2D eigenvalue weighted by atomic mass is 10.1. The monoisotopic (exact) mass is 285 g/mol. The normalized spacial score (nSPS) is 9.95. The van der Waals surface area contributed by atoms with Crippen molar-refractivity contribution in [2.24, 2.45) is 5.11 Å². The van der Waals surface area contributed by atoms with E-state index >= 15 is 0 Å². The molecule has 0 amide bonds. The zero-order chi connectivity index (χ0) is 15.7. The Morgan fingerprint density at radius 3 is 2.81 bits per heavy atom. The van der Waals surface area contributed by atoms with Crippen LogP contribution in [0.3, 0.4) is 0 Å². The lowest BCUT2D eigenvalue weighted by molar-refractivity contribution is -0.136. The number of esters is 1. The van der Waals surface area contributed by atoms with Crippen LogP contribution in [0.5, 0.6) is 5.75 Å². The predicted molar refractivity (Wildman–Crippen MR) is 79.9 cm³/mol. The fourth-order valence-electron chi connectivity index (χ4n) is 1.60. The summed E-state index contributed by atoms with van der Waals surface area (Å²) in [6.07, 6.45) is 1.83. The van der Waals surface area contributed by atoms with Gasteiger partial charge in [-0.05, 0) is 42.3 Å². The molecular formula is C15H15N3O3. The van der Waals surface area contributed by atoms with E-state index in [0.29, 0.717) is 22.6 Å². The molecule has 0 N–H and O–H groups in total. The van der Waals surface area contributed by atoms with Crippen LogP contribution in [0.15, 0.2) is 28.9 Å². The van der Waals surface area contributed by atoms with Gasteiger partial charge in [-0.25, -0.2) is 4.79 Å². The molecule has 1 rings (SSSR count). The fourth-order valence-corrected chi connectivity index (χ4v) is 1.60. The molecule has 1 aromatic carbocycles. The quantitative estimate of drug-likeness (QED) is 0.207. The number of nitrogens with zero attached hydrogens (tertiary/aromatic N) is 3. The topological polar surface area (TPSA) is 84.3 Å². The van der Waals surface area contributed by atoms with Crippen molar-refractivity contribution in [2.75, 3.05) is 14.2 Å². The van der Waals surface area contributed by atoms with Crippen molar-refractivity contribution in [3.05, 3.63) is 39.8 Å². The number of ether oxygens (including phenoxy) is 2. The van der Waals surface area contributed by atoms with Crippen LogP contribution in [0.2, 0.25) is 0 Å². The molecule has 0 aliphatic rings. The number of methoxy groups -OCH3 is 2. The van der Waals surface area contributed by atoms with Crippen LogP contribution < -0.4 is 4.74 Å². The van der Waals surface area contributed by atoms with Gasteiger partial charge in [0.1, 0.15) is 5.75 Å². The molecule has 0 aliphatic carbocycles. The van der Waals surface area contributed by atoms with Crippen LogP contribution in [-0.2, 0) is 9.53 Å². The number of azide groups is 1. The molecule has 0 aliphatic heterocycles. The van der Waals surface area contributed by atoms with Gasteiger partial charge in [0, 0.05) is 22.6 Å². The molecule has 1 aromatic rings. The zero-order valence-electron chi connectivity index (χ0n) is 12.1. The zero-order valence-corrected chi connectivity index (χ0v) is 12.1. The Hall–Kier alpha value is -2.90. The average Bonchev–Trinajstić information content (AvgIpc) is 2.52. The van der Waals surface area contributed by atoms with Crippen molar-refractivity contribution in [1.82, 2.24) is 0 Å². The first-order valence-electron chi connectivity index (χ1n) is 6.07. The van der Waals surface area contributed by atoms with Gasteiger partial charge in [0.15, 0.2) is 0 Å². The summed E-state index contributed by atoms with van der Waals surface area (Å²) in [5.41, 5.74) is 9.92. The fraction of sp³-hybridized carbons (Fsp3) is 0.267. The molecule has 0 bridgehead atoms. The largest absolute Gasteiger partial charge is 0.497 e. The Labute approximate surface area is 123 Å². The van der Waals surface area contributed by atoms with Gasteiger partial charge in [-0.3, -0.25) is 0 Å². The molecule has 0 saturated heterocycles. The van der Waals surface area contributed by atoms with Crippen molar-refractivity contribution in [1.29, 1.82) is 0 Å². The summed E-state index contributed by atoms with van der Waals surface area (Å²) in [4.78, 5) is 14.5. The Kier molecular flexibility index (Phi) is 6.39. The van der Waals surface area contributed by atoms with E-state index in [2.05, 4.69) is 21.9 Å². The third-order valence-corrected chi connectivity index (χ3v) is 2.62. The number of hydrogen-bond acceptors (Lipinski definition) is 4. The number of rotatable bonds is 5. The number of benzene rings is 1. The third kappa shape index (κ3) is 4.60. The minimum absolute atomic E-state index is 0.246. The van der Waals surface area contributed by atoms with E-state index < -0.39 is 5.97 Å². The third-order valence-electron chi connectivity index (χ3n) is 2.62. The van der Waals surface area contributed by atoms with Gasteiger partial charge in [-0.2, -0.15) is 0 Å². The predicted octanol–water partition coefficient (Wildman–Crippen LogP) is 3.61. The number of carbonyl (C=O) groups excluding carboxylic acids is 1. The molecule has 0 unspecified atom stereocenters. The lowest BCUT2D eigenvalue weighted by Gasteiger charge is -2.06. The SMILES string of the molecule is CC#CC/C(=C\c1cc(OC)ccc1N=[N+]=[N-])C(=O)OC. The van der Waals surface area contributed by atoms with E-state index in [-0.39, 0.29) is 6.42 Å². The first-order chi connectivity index (χ1) is 10.2. The smallest absolute Gasteiger partial charge is 0.334 e. The number of hydrogen-bond donors (Lipinski definition) is 0.